The second-order valence-electron chi connectivity index (χ2n) is 7.21. The fraction of sp³-hybridized carbons (Fsp3) is 0.650. The van der Waals surface area contributed by atoms with E-state index in [9.17, 15) is 0 Å². The number of benzene rings is 1. The normalized spacial score (nSPS) is 18.6. The lowest BCUT2D eigenvalue weighted by molar-refractivity contribution is 0.151. The van der Waals surface area contributed by atoms with E-state index in [1.54, 1.807) is 21.3 Å². The van der Waals surface area contributed by atoms with Gasteiger partial charge in [0, 0.05) is 31.8 Å². The maximum atomic E-state index is 5.54. The van der Waals surface area contributed by atoms with Gasteiger partial charge in [0.15, 0.2) is 5.96 Å². The molecule has 0 amide bonds. The van der Waals surface area contributed by atoms with Crippen LogP contribution in [0.4, 0.5) is 0 Å². The SMILES string of the molecule is CCNC(=NCc1c(OC)cc(OC)cc1OC)N1CCC2(CCC2)C1. The van der Waals surface area contributed by atoms with Gasteiger partial charge in [-0.15, -0.1) is 0 Å². The molecule has 1 saturated carbocycles. The van der Waals surface area contributed by atoms with Crippen molar-refractivity contribution in [1.82, 2.24) is 10.2 Å². The van der Waals surface area contributed by atoms with Crippen molar-refractivity contribution in [1.29, 1.82) is 0 Å². The lowest BCUT2D eigenvalue weighted by atomic mass is 9.68. The Kier molecular flexibility index (Phi) is 5.79. The van der Waals surface area contributed by atoms with E-state index in [4.69, 9.17) is 19.2 Å². The van der Waals surface area contributed by atoms with Gasteiger partial charge in [0.1, 0.15) is 17.2 Å². The number of hydrogen-bond acceptors (Lipinski definition) is 4. The Morgan fingerprint density at radius 3 is 2.27 bits per heavy atom. The van der Waals surface area contributed by atoms with Crippen LogP contribution in [0.3, 0.4) is 0 Å². The molecule has 1 N–H and O–H groups in total. The predicted octanol–water partition coefficient (Wildman–Crippen LogP) is 3.05. The number of nitrogens with zero attached hydrogens (tertiary/aromatic N) is 2. The maximum absolute atomic E-state index is 5.54. The Bertz CT molecular complexity index is 631. The fourth-order valence-corrected chi connectivity index (χ4v) is 4.01. The molecule has 0 aromatic heterocycles. The summed E-state index contributed by atoms with van der Waals surface area (Å²) in [5.41, 5.74) is 1.48. The first-order valence-corrected chi connectivity index (χ1v) is 9.47. The van der Waals surface area contributed by atoms with E-state index in [1.807, 2.05) is 12.1 Å². The summed E-state index contributed by atoms with van der Waals surface area (Å²) in [4.78, 5) is 7.30. The Balaban J connectivity index is 1.81. The molecule has 0 unspecified atom stereocenters. The molecule has 2 aliphatic rings. The van der Waals surface area contributed by atoms with Crippen molar-refractivity contribution in [2.24, 2.45) is 10.4 Å². The molecule has 1 spiro atoms. The van der Waals surface area contributed by atoms with Gasteiger partial charge in [-0.05, 0) is 31.6 Å². The minimum absolute atomic E-state index is 0.502. The van der Waals surface area contributed by atoms with Crippen molar-refractivity contribution in [2.45, 2.75) is 39.2 Å². The zero-order valence-electron chi connectivity index (χ0n) is 16.4. The fourth-order valence-electron chi connectivity index (χ4n) is 4.01. The van der Waals surface area contributed by atoms with E-state index >= 15 is 0 Å². The van der Waals surface area contributed by atoms with Crippen LogP contribution >= 0.6 is 0 Å². The monoisotopic (exact) mass is 361 g/mol. The van der Waals surface area contributed by atoms with Crippen molar-refractivity contribution >= 4 is 5.96 Å². The summed E-state index contributed by atoms with van der Waals surface area (Å²) in [5.74, 6) is 3.16. The molecule has 26 heavy (non-hydrogen) atoms. The molecule has 0 atom stereocenters. The minimum atomic E-state index is 0.502. The molecule has 144 valence electrons. The molecule has 0 radical (unpaired) electrons. The number of ether oxygens (including phenoxy) is 3. The zero-order valence-corrected chi connectivity index (χ0v) is 16.4. The van der Waals surface area contributed by atoms with E-state index in [2.05, 4.69) is 17.1 Å². The molecule has 1 saturated heterocycles. The van der Waals surface area contributed by atoms with Gasteiger partial charge in [-0.25, -0.2) is 4.99 Å². The number of methoxy groups -OCH3 is 3. The second-order valence-corrected chi connectivity index (χ2v) is 7.21. The van der Waals surface area contributed by atoms with Crippen molar-refractivity contribution in [3.8, 4) is 17.2 Å². The van der Waals surface area contributed by atoms with Gasteiger partial charge < -0.3 is 24.4 Å². The van der Waals surface area contributed by atoms with Crippen molar-refractivity contribution in [2.75, 3.05) is 41.0 Å². The third-order valence-electron chi connectivity index (χ3n) is 5.69. The van der Waals surface area contributed by atoms with Crippen molar-refractivity contribution in [3.63, 3.8) is 0 Å². The Morgan fingerprint density at radius 2 is 1.81 bits per heavy atom. The van der Waals surface area contributed by atoms with E-state index in [0.717, 1.165) is 42.7 Å². The highest BCUT2D eigenvalue weighted by Crippen LogP contribution is 2.48. The van der Waals surface area contributed by atoms with Crippen LogP contribution in [0, 0.1) is 5.41 Å². The molecule has 0 bridgehead atoms. The maximum Gasteiger partial charge on any atom is 0.194 e. The molecule has 6 heteroatoms. The second kappa shape index (κ2) is 8.06. The van der Waals surface area contributed by atoms with Crippen LogP contribution < -0.4 is 19.5 Å². The standard InChI is InChI=1S/C20H31N3O3/c1-5-21-19(23-10-9-20(14-23)7-6-8-20)22-13-16-17(25-3)11-15(24-2)12-18(16)26-4/h11-12H,5-10,13-14H2,1-4H3,(H,21,22). The molecule has 3 rings (SSSR count). The van der Waals surface area contributed by atoms with Gasteiger partial charge in [0.25, 0.3) is 0 Å². The molecule has 1 aliphatic carbocycles. The Labute approximate surface area is 156 Å². The lowest BCUT2D eigenvalue weighted by Crippen LogP contribution is -2.42. The van der Waals surface area contributed by atoms with Crippen LogP contribution in [-0.2, 0) is 6.54 Å². The average Bonchev–Trinajstić information content (AvgIpc) is 3.10. The summed E-state index contributed by atoms with van der Waals surface area (Å²) < 4.78 is 16.4. The summed E-state index contributed by atoms with van der Waals surface area (Å²) in [5, 5.41) is 3.45. The van der Waals surface area contributed by atoms with Crippen LogP contribution in [0.1, 0.15) is 38.2 Å². The number of guanidine groups is 1. The third kappa shape index (κ3) is 3.69. The molecular weight excluding hydrogens is 330 g/mol. The summed E-state index contributed by atoms with van der Waals surface area (Å²) in [7, 11) is 4.96. The highest BCUT2D eigenvalue weighted by molar-refractivity contribution is 5.80. The Morgan fingerprint density at radius 1 is 1.12 bits per heavy atom. The highest BCUT2D eigenvalue weighted by atomic mass is 16.5. The summed E-state index contributed by atoms with van der Waals surface area (Å²) >= 11 is 0. The molecule has 1 aliphatic heterocycles. The van der Waals surface area contributed by atoms with Gasteiger partial charge >= 0.3 is 0 Å². The molecule has 6 nitrogen and oxygen atoms in total. The minimum Gasteiger partial charge on any atom is -0.496 e. The molecule has 1 aromatic rings. The van der Waals surface area contributed by atoms with E-state index < -0.39 is 0 Å². The summed E-state index contributed by atoms with van der Waals surface area (Å²) in [6, 6.07) is 3.75. The lowest BCUT2D eigenvalue weighted by Gasteiger charge is -2.38. The third-order valence-corrected chi connectivity index (χ3v) is 5.69. The van der Waals surface area contributed by atoms with Crippen LogP contribution in [0.5, 0.6) is 17.2 Å². The van der Waals surface area contributed by atoms with Crippen LogP contribution in [0.25, 0.3) is 0 Å². The van der Waals surface area contributed by atoms with Crippen molar-refractivity contribution < 1.29 is 14.2 Å². The quantitative estimate of drug-likeness (QED) is 0.623. The van der Waals surface area contributed by atoms with Crippen LogP contribution in [0.15, 0.2) is 17.1 Å². The first-order valence-electron chi connectivity index (χ1n) is 9.47. The van der Waals surface area contributed by atoms with Gasteiger partial charge in [0.2, 0.25) is 0 Å². The van der Waals surface area contributed by atoms with E-state index in [-0.39, 0.29) is 0 Å². The van der Waals surface area contributed by atoms with Gasteiger partial charge in [0.05, 0.1) is 33.4 Å². The number of hydrogen-bond donors (Lipinski definition) is 1. The number of likely N-dealkylation sites (tertiary alicyclic amines) is 1. The molecule has 1 heterocycles. The molecule has 2 fully saturated rings. The van der Waals surface area contributed by atoms with Crippen LogP contribution in [-0.4, -0.2) is 51.8 Å². The van der Waals surface area contributed by atoms with Crippen molar-refractivity contribution in [3.05, 3.63) is 17.7 Å². The number of nitrogens with one attached hydrogen (secondary N) is 1. The summed E-state index contributed by atoms with van der Waals surface area (Å²) in [6.07, 6.45) is 5.39. The Hall–Kier alpha value is -2.11. The van der Waals surface area contributed by atoms with Gasteiger partial charge in [-0.2, -0.15) is 0 Å². The summed E-state index contributed by atoms with van der Waals surface area (Å²) in [6.45, 7) is 5.68. The largest absolute Gasteiger partial charge is 0.496 e. The smallest absolute Gasteiger partial charge is 0.194 e. The zero-order chi connectivity index (χ0) is 18.6. The number of aliphatic imine (C=N–C) groups is 1. The van der Waals surface area contributed by atoms with Crippen LogP contribution in [0.2, 0.25) is 0 Å². The average molecular weight is 361 g/mol. The molecule has 1 aromatic carbocycles. The highest BCUT2D eigenvalue weighted by Gasteiger charge is 2.43. The first kappa shape index (κ1) is 18.7. The number of rotatable bonds is 6. The molecular formula is C20H31N3O3. The van der Waals surface area contributed by atoms with Gasteiger partial charge in [-0.3, -0.25) is 0 Å². The predicted molar refractivity (Wildman–Crippen MR) is 103 cm³/mol. The first-order chi connectivity index (χ1) is 12.6. The van der Waals surface area contributed by atoms with E-state index in [1.165, 1.54) is 25.7 Å². The van der Waals surface area contributed by atoms with Gasteiger partial charge in [-0.1, -0.05) is 6.42 Å². The topological polar surface area (TPSA) is 55.3 Å². The van der Waals surface area contributed by atoms with E-state index in [0.29, 0.717) is 17.7 Å².